The highest BCUT2D eigenvalue weighted by molar-refractivity contribution is 5.33. The third kappa shape index (κ3) is 3.40. The Morgan fingerprint density at radius 2 is 2.11 bits per heavy atom. The van der Waals surface area contributed by atoms with Gasteiger partial charge >= 0.3 is 0 Å². The van der Waals surface area contributed by atoms with Crippen molar-refractivity contribution in [1.82, 2.24) is 15.3 Å². The summed E-state index contributed by atoms with van der Waals surface area (Å²) in [4.78, 5) is 11.3. The van der Waals surface area contributed by atoms with Gasteiger partial charge in [-0.3, -0.25) is 0 Å². The second-order valence-corrected chi connectivity index (χ2v) is 4.93. The highest BCUT2D eigenvalue weighted by Gasteiger charge is 2.14. The highest BCUT2D eigenvalue weighted by atomic mass is 16.5. The first-order chi connectivity index (χ1) is 8.66. The van der Waals surface area contributed by atoms with Gasteiger partial charge in [-0.25, -0.2) is 9.97 Å². The zero-order chi connectivity index (χ0) is 13.0. The molecule has 1 saturated heterocycles. The van der Waals surface area contributed by atoms with Crippen LogP contribution in [-0.4, -0.2) is 42.3 Å². The van der Waals surface area contributed by atoms with E-state index < -0.39 is 0 Å². The molecule has 1 aromatic heterocycles. The van der Waals surface area contributed by atoms with Crippen molar-refractivity contribution in [1.29, 1.82) is 0 Å². The van der Waals surface area contributed by atoms with Crippen LogP contribution in [0.3, 0.4) is 0 Å². The van der Waals surface area contributed by atoms with E-state index in [1.54, 1.807) is 0 Å². The predicted molar refractivity (Wildman–Crippen MR) is 71.8 cm³/mol. The van der Waals surface area contributed by atoms with Crippen LogP contribution in [0.15, 0.2) is 6.20 Å². The van der Waals surface area contributed by atoms with Gasteiger partial charge in [-0.1, -0.05) is 13.8 Å². The van der Waals surface area contributed by atoms with E-state index in [-0.39, 0.29) is 0 Å². The summed E-state index contributed by atoms with van der Waals surface area (Å²) >= 11 is 0. The van der Waals surface area contributed by atoms with Gasteiger partial charge in [-0.15, -0.1) is 0 Å². The monoisotopic (exact) mass is 250 g/mol. The van der Waals surface area contributed by atoms with E-state index in [4.69, 9.17) is 4.74 Å². The van der Waals surface area contributed by atoms with Crippen LogP contribution in [-0.2, 0) is 11.3 Å². The van der Waals surface area contributed by atoms with Crippen LogP contribution in [0.1, 0.15) is 25.1 Å². The lowest BCUT2D eigenvalue weighted by molar-refractivity contribution is 0.122. The Balaban J connectivity index is 2.09. The van der Waals surface area contributed by atoms with Gasteiger partial charge in [0.15, 0.2) is 0 Å². The molecule has 1 aliphatic heterocycles. The molecule has 100 valence electrons. The molecule has 0 saturated carbocycles. The van der Waals surface area contributed by atoms with E-state index in [2.05, 4.69) is 41.0 Å². The maximum absolute atomic E-state index is 5.34. The van der Waals surface area contributed by atoms with Gasteiger partial charge in [0.1, 0.15) is 0 Å². The van der Waals surface area contributed by atoms with Crippen LogP contribution in [0.25, 0.3) is 0 Å². The smallest absolute Gasteiger partial charge is 0.225 e. The molecule has 1 N–H and O–H groups in total. The Kier molecular flexibility index (Phi) is 4.49. The largest absolute Gasteiger partial charge is 0.378 e. The number of aromatic nitrogens is 2. The Bertz CT molecular complexity index is 389. The summed E-state index contributed by atoms with van der Waals surface area (Å²) in [5.41, 5.74) is 2.22. The van der Waals surface area contributed by atoms with Crippen molar-refractivity contribution in [2.24, 2.45) is 0 Å². The van der Waals surface area contributed by atoms with E-state index in [0.29, 0.717) is 6.04 Å². The maximum atomic E-state index is 5.34. The van der Waals surface area contributed by atoms with Crippen LogP contribution < -0.4 is 10.2 Å². The maximum Gasteiger partial charge on any atom is 0.225 e. The first-order valence-corrected chi connectivity index (χ1v) is 6.55. The van der Waals surface area contributed by atoms with Crippen LogP contribution in [0, 0.1) is 6.92 Å². The van der Waals surface area contributed by atoms with Crippen LogP contribution >= 0.6 is 0 Å². The Morgan fingerprint density at radius 3 is 2.78 bits per heavy atom. The number of nitrogens with one attached hydrogen (secondary N) is 1. The van der Waals surface area contributed by atoms with Gasteiger partial charge in [-0.2, -0.15) is 0 Å². The van der Waals surface area contributed by atoms with Gasteiger partial charge in [0.05, 0.1) is 18.9 Å². The number of anilines is 1. The van der Waals surface area contributed by atoms with E-state index in [1.807, 2.05) is 6.20 Å². The molecule has 0 aliphatic carbocycles. The quantitative estimate of drug-likeness (QED) is 0.868. The first-order valence-electron chi connectivity index (χ1n) is 6.55. The van der Waals surface area contributed by atoms with Crippen molar-refractivity contribution in [2.75, 3.05) is 31.2 Å². The van der Waals surface area contributed by atoms with Crippen molar-refractivity contribution in [3.63, 3.8) is 0 Å². The fourth-order valence-electron chi connectivity index (χ4n) is 1.86. The van der Waals surface area contributed by atoms with Crippen LogP contribution in [0.5, 0.6) is 0 Å². The summed E-state index contributed by atoms with van der Waals surface area (Å²) in [6.07, 6.45) is 1.91. The zero-order valence-electron chi connectivity index (χ0n) is 11.4. The number of ether oxygens (including phenoxy) is 1. The van der Waals surface area contributed by atoms with Crippen molar-refractivity contribution in [3.8, 4) is 0 Å². The summed E-state index contributed by atoms with van der Waals surface area (Å²) in [7, 11) is 0. The summed E-state index contributed by atoms with van der Waals surface area (Å²) < 4.78 is 5.34. The fourth-order valence-corrected chi connectivity index (χ4v) is 1.86. The molecule has 0 atom stereocenters. The second-order valence-electron chi connectivity index (χ2n) is 4.93. The summed E-state index contributed by atoms with van der Waals surface area (Å²) in [6.45, 7) is 10.4. The molecule has 0 amide bonds. The van der Waals surface area contributed by atoms with Crippen LogP contribution in [0.4, 0.5) is 5.95 Å². The average molecular weight is 250 g/mol. The summed E-state index contributed by atoms with van der Waals surface area (Å²) in [6, 6.07) is 0.464. The molecule has 0 bridgehead atoms. The first kappa shape index (κ1) is 13.2. The number of hydrogen-bond donors (Lipinski definition) is 1. The lowest BCUT2D eigenvalue weighted by atomic mass is 10.2. The van der Waals surface area contributed by atoms with Crippen molar-refractivity contribution in [2.45, 2.75) is 33.4 Å². The predicted octanol–water partition coefficient (Wildman–Crippen LogP) is 1.12. The van der Waals surface area contributed by atoms with Gasteiger partial charge in [0.25, 0.3) is 0 Å². The number of rotatable bonds is 4. The highest BCUT2D eigenvalue weighted by Crippen LogP contribution is 2.12. The lowest BCUT2D eigenvalue weighted by Crippen LogP contribution is -2.37. The second kappa shape index (κ2) is 6.11. The molecule has 2 heterocycles. The lowest BCUT2D eigenvalue weighted by Gasteiger charge is -2.27. The van der Waals surface area contributed by atoms with Gasteiger partial charge < -0.3 is 15.0 Å². The number of nitrogens with zero attached hydrogens (tertiary/aromatic N) is 3. The van der Waals surface area contributed by atoms with E-state index >= 15 is 0 Å². The minimum atomic E-state index is 0.464. The number of hydrogen-bond acceptors (Lipinski definition) is 5. The SMILES string of the molecule is Cc1cnc(N2CCOCC2)nc1CNC(C)C. The van der Waals surface area contributed by atoms with Gasteiger partial charge in [-0.05, 0) is 12.5 Å². The van der Waals surface area contributed by atoms with Crippen molar-refractivity contribution < 1.29 is 4.74 Å². The Hall–Kier alpha value is -1.20. The molecule has 2 rings (SSSR count). The molecular formula is C13H22N4O. The Labute approximate surface area is 109 Å². The van der Waals surface area contributed by atoms with E-state index in [9.17, 15) is 0 Å². The van der Waals surface area contributed by atoms with Gasteiger partial charge in [0.2, 0.25) is 5.95 Å². The topological polar surface area (TPSA) is 50.3 Å². The normalized spacial score (nSPS) is 16.3. The molecule has 5 heteroatoms. The minimum absolute atomic E-state index is 0.464. The minimum Gasteiger partial charge on any atom is -0.378 e. The number of aryl methyl sites for hydroxylation is 1. The average Bonchev–Trinajstić information content (AvgIpc) is 2.38. The zero-order valence-corrected chi connectivity index (χ0v) is 11.4. The molecule has 0 spiro atoms. The number of morpholine rings is 1. The molecule has 0 radical (unpaired) electrons. The van der Waals surface area contributed by atoms with Crippen molar-refractivity contribution in [3.05, 3.63) is 17.5 Å². The standard InChI is InChI=1S/C13H22N4O/c1-10(2)14-9-12-11(3)8-15-13(16-12)17-4-6-18-7-5-17/h8,10,14H,4-7,9H2,1-3H3. The molecular weight excluding hydrogens is 228 g/mol. The molecule has 0 aromatic carbocycles. The van der Waals surface area contributed by atoms with Crippen molar-refractivity contribution >= 4 is 5.95 Å². The Morgan fingerprint density at radius 1 is 1.39 bits per heavy atom. The molecule has 1 fully saturated rings. The fraction of sp³-hybridized carbons (Fsp3) is 0.692. The van der Waals surface area contributed by atoms with E-state index in [0.717, 1.165) is 50.1 Å². The van der Waals surface area contributed by atoms with E-state index in [1.165, 1.54) is 0 Å². The molecule has 1 aromatic rings. The third-order valence-electron chi connectivity index (χ3n) is 3.04. The molecule has 18 heavy (non-hydrogen) atoms. The molecule has 0 unspecified atom stereocenters. The molecule has 5 nitrogen and oxygen atoms in total. The third-order valence-corrected chi connectivity index (χ3v) is 3.04. The molecule has 1 aliphatic rings. The van der Waals surface area contributed by atoms with Crippen LogP contribution in [0.2, 0.25) is 0 Å². The summed E-state index contributed by atoms with van der Waals surface area (Å²) in [5.74, 6) is 0.824. The summed E-state index contributed by atoms with van der Waals surface area (Å²) in [5, 5.41) is 3.40. The van der Waals surface area contributed by atoms with Gasteiger partial charge in [0, 0.05) is 31.9 Å².